The molecule has 0 aliphatic heterocycles. The van der Waals surface area contributed by atoms with Crippen LogP contribution >= 0.6 is 0 Å². The Morgan fingerprint density at radius 1 is 0.838 bits per heavy atom. The number of amides is 2. The van der Waals surface area contributed by atoms with Crippen molar-refractivity contribution in [3.8, 4) is 11.3 Å². The number of rotatable bonds is 9. The zero-order valence-electron chi connectivity index (χ0n) is 20.1. The van der Waals surface area contributed by atoms with Crippen molar-refractivity contribution < 1.29 is 23.5 Å². The van der Waals surface area contributed by atoms with Gasteiger partial charge in [-0.15, -0.1) is 0 Å². The number of furan rings is 1. The highest BCUT2D eigenvalue weighted by atomic mass is 16.5. The molecular formula is C29H25N3O5. The predicted octanol–water partition coefficient (Wildman–Crippen LogP) is 5.53. The molecule has 0 atom stereocenters. The van der Waals surface area contributed by atoms with E-state index in [4.69, 9.17) is 9.15 Å². The van der Waals surface area contributed by atoms with E-state index >= 15 is 0 Å². The number of nitrogens with one attached hydrogen (secondary N) is 2. The molecule has 0 radical (unpaired) electrons. The molecular weight excluding hydrogens is 470 g/mol. The quantitative estimate of drug-likeness (QED) is 0.180. The van der Waals surface area contributed by atoms with Crippen LogP contribution in [0, 0.1) is 0 Å². The average molecular weight is 496 g/mol. The van der Waals surface area contributed by atoms with Crippen LogP contribution in [0.3, 0.4) is 0 Å². The molecule has 4 aromatic rings. The molecule has 1 aromatic heterocycles. The standard InChI is InChI=1S/C29H25N3O5/c1-2-18-36-29(35)22-14-12-20(13-15-22)26-17-16-23(37-26)19-30-32-28(34)24-10-6-7-11-25(24)31-27(33)21-8-4-3-5-9-21/h3-17,19H,2,18H2,1H3,(H,31,33)(H,32,34)/b30-19+. The molecule has 186 valence electrons. The molecule has 2 N–H and O–H groups in total. The third-order valence-electron chi connectivity index (χ3n) is 5.28. The van der Waals surface area contributed by atoms with Crippen molar-refractivity contribution in [2.45, 2.75) is 13.3 Å². The van der Waals surface area contributed by atoms with E-state index in [1.807, 2.05) is 13.0 Å². The minimum atomic E-state index is -0.488. The second-order valence-corrected chi connectivity index (χ2v) is 7.98. The van der Waals surface area contributed by atoms with Gasteiger partial charge in [0, 0.05) is 11.1 Å². The monoisotopic (exact) mass is 495 g/mol. The summed E-state index contributed by atoms with van der Waals surface area (Å²) in [6.45, 7) is 2.32. The first-order chi connectivity index (χ1) is 18.0. The van der Waals surface area contributed by atoms with Crippen LogP contribution in [0.4, 0.5) is 5.69 Å². The van der Waals surface area contributed by atoms with Crippen LogP contribution in [0.1, 0.15) is 50.2 Å². The van der Waals surface area contributed by atoms with Crippen LogP contribution in [0.25, 0.3) is 11.3 Å². The summed E-state index contributed by atoms with van der Waals surface area (Å²) in [4.78, 5) is 37.2. The van der Waals surface area contributed by atoms with Gasteiger partial charge in [0.15, 0.2) is 0 Å². The van der Waals surface area contributed by atoms with E-state index in [0.717, 1.165) is 12.0 Å². The molecule has 8 nitrogen and oxygen atoms in total. The summed E-state index contributed by atoms with van der Waals surface area (Å²) in [5.41, 5.74) is 4.81. The predicted molar refractivity (Wildman–Crippen MR) is 141 cm³/mol. The fourth-order valence-electron chi connectivity index (χ4n) is 3.41. The van der Waals surface area contributed by atoms with Gasteiger partial charge in [-0.05, 0) is 55.0 Å². The van der Waals surface area contributed by atoms with Crippen molar-refractivity contribution in [3.63, 3.8) is 0 Å². The van der Waals surface area contributed by atoms with Crippen LogP contribution < -0.4 is 10.7 Å². The third-order valence-corrected chi connectivity index (χ3v) is 5.28. The number of carbonyl (C=O) groups is 3. The number of hydrogen-bond acceptors (Lipinski definition) is 6. The van der Waals surface area contributed by atoms with Gasteiger partial charge >= 0.3 is 5.97 Å². The number of anilines is 1. The Bertz CT molecular complexity index is 1410. The molecule has 2 amide bonds. The normalized spacial score (nSPS) is 10.7. The molecule has 0 bridgehead atoms. The molecule has 0 saturated heterocycles. The summed E-state index contributed by atoms with van der Waals surface area (Å²) < 4.78 is 10.9. The first-order valence-electron chi connectivity index (χ1n) is 11.7. The van der Waals surface area contributed by atoms with Crippen LogP contribution in [0.15, 0.2) is 101 Å². The Labute approximate surface area is 214 Å². The Hall–Kier alpha value is -4.98. The fraction of sp³-hybridized carbons (Fsp3) is 0.103. The van der Waals surface area contributed by atoms with Gasteiger partial charge in [0.2, 0.25) is 0 Å². The van der Waals surface area contributed by atoms with Crippen molar-refractivity contribution >= 4 is 29.7 Å². The second kappa shape index (κ2) is 12.1. The molecule has 0 aliphatic carbocycles. The van der Waals surface area contributed by atoms with Crippen molar-refractivity contribution in [3.05, 3.63) is 113 Å². The maximum Gasteiger partial charge on any atom is 0.338 e. The van der Waals surface area contributed by atoms with Gasteiger partial charge in [-0.25, -0.2) is 10.2 Å². The lowest BCUT2D eigenvalue weighted by atomic mass is 10.1. The number of ether oxygens (including phenoxy) is 1. The van der Waals surface area contributed by atoms with E-state index < -0.39 is 5.91 Å². The molecule has 0 aliphatic rings. The van der Waals surface area contributed by atoms with Crippen molar-refractivity contribution in [2.75, 3.05) is 11.9 Å². The molecule has 0 unspecified atom stereocenters. The van der Waals surface area contributed by atoms with Gasteiger partial charge in [0.25, 0.3) is 11.8 Å². The molecule has 8 heteroatoms. The Kier molecular flexibility index (Phi) is 8.23. The Morgan fingerprint density at radius 3 is 2.32 bits per heavy atom. The number of para-hydroxylation sites is 1. The molecule has 4 rings (SSSR count). The van der Waals surface area contributed by atoms with Crippen molar-refractivity contribution in [1.29, 1.82) is 0 Å². The zero-order valence-corrected chi connectivity index (χ0v) is 20.1. The molecule has 0 saturated carbocycles. The molecule has 0 fully saturated rings. The number of carbonyl (C=O) groups excluding carboxylic acids is 3. The SMILES string of the molecule is CCCOC(=O)c1ccc(-c2ccc(/C=N/NC(=O)c3ccccc3NC(=O)c3ccccc3)o2)cc1. The van der Waals surface area contributed by atoms with E-state index in [0.29, 0.717) is 34.9 Å². The number of benzene rings is 3. The van der Waals surface area contributed by atoms with Crippen LogP contribution in [0.5, 0.6) is 0 Å². The van der Waals surface area contributed by atoms with E-state index in [9.17, 15) is 14.4 Å². The highest BCUT2D eigenvalue weighted by molar-refractivity contribution is 6.09. The lowest BCUT2D eigenvalue weighted by Gasteiger charge is -2.09. The van der Waals surface area contributed by atoms with Gasteiger partial charge < -0.3 is 14.5 Å². The van der Waals surface area contributed by atoms with Gasteiger partial charge in [-0.2, -0.15) is 5.10 Å². The van der Waals surface area contributed by atoms with Gasteiger partial charge in [-0.3, -0.25) is 9.59 Å². The van der Waals surface area contributed by atoms with E-state index in [-0.39, 0.29) is 17.4 Å². The van der Waals surface area contributed by atoms with E-state index in [1.54, 1.807) is 84.9 Å². The number of hydrogen-bond donors (Lipinski definition) is 2. The number of hydrazone groups is 1. The molecule has 0 spiro atoms. The largest absolute Gasteiger partial charge is 0.462 e. The maximum absolute atomic E-state index is 12.7. The summed E-state index contributed by atoms with van der Waals surface area (Å²) in [6.07, 6.45) is 2.14. The summed E-state index contributed by atoms with van der Waals surface area (Å²) >= 11 is 0. The smallest absolute Gasteiger partial charge is 0.338 e. The third kappa shape index (κ3) is 6.58. The van der Waals surface area contributed by atoms with Crippen molar-refractivity contribution in [1.82, 2.24) is 5.43 Å². The maximum atomic E-state index is 12.7. The minimum absolute atomic E-state index is 0.265. The number of esters is 1. The first kappa shape index (κ1) is 25.1. The Morgan fingerprint density at radius 2 is 1.57 bits per heavy atom. The van der Waals surface area contributed by atoms with Crippen molar-refractivity contribution in [2.24, 2.45) is 5.10 Å². The highest BCUT2D eigenvalue weighted by Gasteiger charge is 2.14. The summed E-state index contributed by atoms with van der Waals surface area (Å²) in [5, 5.41) is 6.74. The average Bonchev–Trinajstić information content (AvgIpc) is 3.41. The molecule has 37 heavy (non-hydrogen) atoms. The Balaban J connectivity index is 1.37. The van der Waals surface area contributed by atoms with Crippen LogP contribution in [-0.4, -0.2) is 30.6 Å². The summed E-state index contributed by atoms with van der Waals surface area (Å²) in [7, 11) is 0. The first-order valence-corrected chi connectivity index (χ1v) is 11.7. The summed E-state index contributed by atoms with van der Waals surface area (Å²) in [5.74, 6) is -0.170. The highest BCUT2D eigenvalue weighted by Crippen LogP contribution is 2.22. The van der Waals surface area contributed by atoms with Crippen LogP contribution in [-0.2, 0) is 4.74 Å². The minimum Gasteiger partial charge on any atom is -0.462 e. The second-order valence-electron chi connectivity index (χ2n) is 7.98. The van der Waals surface area contributed by atoms with E-state index in [2.05, 4.69) is 15.8 Å². The lowest BCUT2D eigenvalue weighted by molar-refractivity contribution is 0.0505. The molecule has 1 heterocycles. The van der Waals surface area contributed by atoms with Gasteiger partial charge in [0.1, 0.15) is 11.5 Å². The van der Waals surface area contributed by atoms with Gasteiger partial charge in [-0.1, -0.05) is 49.4 Å². The zero-order chi connectivity index (χ0) is 26.0. The molecule has 3 aromatic carbocycles. The van der Waals surface area contributed by atoms with Gasteiger partial charge in [0.05, 0.1) is 29.6 Å². The number of nitrogens with zero attached hydrogens (tertiary/aromatic N) is 1. The summed E-state index contributed by atoms with van der Waals surface area (Å²) in [6, 6.07) is 25.8. The van der Waals surface area contributed by atoms with E-state index in [1.165, 1.54) is 6.21 Å². The lowest BCUT2D eigenvalue weighted by Crippen LogP contribution is -2.21. The fourth-order valence-corrected chi connectivity index (χ4v) is 3.41. The van der Waals surface area contributed by atoms with Crippen LogP contribution in [0.2, 0.25) is 0 Å². The topological polar surface area (TPSA) is 110 Å².